The fourth-order valence-electron chi connectivity index (χ4n) is 4.17. The van der Waals surface area contributed by atoms with Crippen molar-refractivity contribution >= 4 is 22.2 Å². The zero-order valence-electron chi connectivity index (χ0n) is 15.0. The van der Waals surface area contributed by atoms with Gasteiger partial charge in [-0.1, -0.05) is 42.5 Å². The van der Waals surface area contributed by atoms with E-state index in [0.717, 1.165) is 42.0 Å². The third kappa shape index (κ3) is 2.94. The number of nitrogens with zero attached hydrogens (tertiary/aromatic N) is 3. The van der Waals surface area contributed by atoms with Crippen molar-refractivity contribution in [3.05, 3.63) is 60.8 Å². The molecule has 5 nitrogen and oxygen atoms in total. The molecule has 2 atom stereocenters. The van der Waals surface area contributed by atoms with E-state index >= 15 is 0 Å². The lowest BCUT2D eigenvalue weighted by Gasteiger charge is -2.14. The smallest absolute Gasteiger partial charge is 0.157 e. The first kappa shape index (κ1) is 16.3. The van der Waals surface area contributed by atoms with Crippen LogP contribution >= 0.6 is 0 Å². The summed E-state index contributed by atoms with van der Waals surface area (Å²) in [4.78, 5) is 4.49. The second-order valence-corrected chi connectivity index (χ2v) is 7.36. The molecule has 0 aliphatic heterocycles. The molecule has 0 saturated heterocycles. The molecule has 1 aliphatic rings. The monoisotopic (exact) mass is 358 g/mol. The first-order chi connectivity index (χ1) is 13.3. The highest BCUT2D eigenvalue weighted by Crippen LogP contribution is 2.30. The van der Waals surface area contributed by atoms with E-state index in [4.69, 9.17) is 5.10 Å². The SMILES string of the molecule is OC[C@@H]1CC[C@@H](Nc2ccnc3cc(-c4cccc5ccccc45)nn23)C1. The van der Waals surface area contributed by atoms with Crippen molar-refractivity contribution < 1.29 is 5.11 Å². The molecule has 1 aliphatic carbocycles. The van der Waals surface area contributed by atoms with Crippen molar-refractivity contribution in [1.29, 1.82) is 0 Å². The maximum atomic E-state index is 9.38. The fraction of sp³-hybridized carbons (Fsp3) is 0.273. The van der Waals surface area contributed by atoms with Crippen molar-refractivity contribution in [2.24, 2.45) is 5.92 Å². The van der Waals surface area contributed by atoms with Gasteiger partial charge in [0.15, 0.2) is 5.65 Å². The summed E-state index contributed by atoms with van der Waals surface area (Å²) in [5.41, 5.74) is 2.87. The van der Waals surface area contributed by atoms with Gasteiger partial charge in [-0.25, -0.2) is 4.98 Å². The summed E-state index contributed by atoms with van der Waals surface area (Å²) in [5.74, 6) is 1.36. The number of nitrogens with one attached hydrogen (secondary N) is 1. The molecule has 136 valence electrons. The topological polar surface area (TPSA) is 62.5 Å². The summed E-state index contributed by atoms with van der Waals surface area (Å²) in [6.45, 7) is 0.275. The van der Waals surface area contributed by atoms with E-state index < -0.39 is 0 Å². The van der Waals surface area contributed by atoms with E-state index in [9.17, 15) is 5.11 Å². The van der Waals surface area contributed by atoms with Crippen LogP contribution in [0.1, 0.15) is 19.3 Å². The first-order valence-corrected chi connectivity index (χ1v) is 9.52. The Morgan fingerprint density at radius 1 is 1.07 bits per heavy atom. The molecule has 0 spiro atoms. The Hall–Kier alpha value is -2.92. The van der Waals surface area contributed by atoms with Crippen LogP contribution in [0.3, 0.4) is 0 Å². The summed E-state index contributed by atoms with van der Waals surface area (Å²) in [6, 6.07) is 19.1. The normalized spacial score (nSPS) is 19.7. The molecule has 27 heavy (non-hydrogen) atoms. The van der Waals surface area contributed by atoms with Gasteiger partial charge >= 0.3 is 0 Å². The zero-order chi connectivity index (χ0) is 18.2. The second-order valence-electron chi connectivity index (χ2n) is 7.36. The van der Waals surface area contributed by atoms with Crippen LogP contribution < -0.4 is 5.32 Å². The molecule has 0 radical (unpaired) electrons. The van der Waals surface area contributed by atoms with Gasteiger partial charge in [0.1, 0.15) is 5.82 Å². The van der Waals surface area contributed by atoms with Gasteiger partial charge in [-0.05, 0) is 42.0 Å². The van der Waals surface area contributed by atoms with Crippen LogP contribution in [0.5, 0.6) is 0 Å². The molecule has 2 aromatic carbocycles. The number of anilines is 1. The molecule has 0 amide bonds. The molecule has 1 saturated carbocycles. The van der Waals surface area contributed by atoms with E-state index in [1.54, 1.807) is 0 Å². The van der Waals surface area contributed by atoms with E-state index in [1.165, 1.54) is 10.8 Å². The van der Waals surface area contributed by atoms with Crippen LogP contribution in [0.2, 0.25) is 0 Å². The van der Waals surface area contributed by atoms with E-state index in [0.29, 0.717) is 12.0 Å². The average molecular weight is 358 g/mol. The third-order valence-corrected chi connectivity index (χ3v) is 5.57. The Morgan fingerprint density at radius 3 is 2.85 bits per heavy atom. The Morgan fingerprint density at radius 2 is 1.96 bits per heavy atom. The number of rotatable bonds is 4. The summed E-state index contributed by atoms with van der Waals surface area (Å²) < 4.78 is 1.89. The number of aliphatic hydroxyl groups is 1. The number of aromatic nitrogens is 3. The molecule has 0 bridgehead atoms. The second kappa shape index (κ2) is 6.67. The number of benzene rings is 2. The lowest BCUT2D eigenvalue weighted by atomic mass is 10.0. The average Bonchev–Trinajstić information content (AvgIpc) is 3.35. The first-order valence-electron chi connectivity index (χ1n) is 9.52. The van der Waals surface area contributed by atoms with Crippen molar-refractivity contribution in [2.75, 3.05) is 11.9 Å². The summed E-state index contributed by atoms with van der Waals surface area (Å²) >= 11 is 0. The van der Waals surface area contributed by atoms with Gasteiger partial charge in [0, 0.05) is 30.5 Å². The number of hydrogen-bond acceptors (Lipinski definition) is 4. The van der Waals surface area contributed by atoms with Gasteiger partial charge in [-0.3, -0.25) is 0 Å². The van der Waals surface area contributed by atoms with Gasteiger partial charge in [-0.15, -0.1) is 0 Å². The number of fused-ring (bicyclic) bond motifs is 2. The van der Waals surface area contributed by atoms with Crippen LogP contribution in [0.15, 0.2) is 60.8 Å². The minimum atomic E-state index is 0.275. The standard InChI is InChI=1S/C22H22N4O/c27-14-15-8-9-17(12-15)24-21-10-11-23-22-13-20(25-26(21)22)19-7-3-5-16-4-1-2-6-18(16)19/h1-7,10-11,13,15,17,24,27H,8-9,12,14H2/t15-,17-/m1/s1. The molecule has 1 fully saturated rings. The molecule has 2 aromatic heterocycles. The predicted octanol–water partition coefficient (Wildman–Crippen LogP) is 4.12. The summed E-state index contributed by atoms with van der Waals surface area (Å²) in [7, 11) is 0. The molecule has 5 heteroatoms. The van der Waals surface area contributed by atoms with Gasteiger partial charge in [-0.2, -0.15) is 9.61 Å². The molecule has 5 rings (SSSR count). The Labute approximate surface area is 157 Å². The highest BCUT2D eigenvalue weighted by molar-refractivity contribution is 5.96. The largest absolute Gasteiger partial charge is 0.396 e. The Bertz CT molecular complexity index is 1100. The van der Waals surface area contributed by atoms with Crippen molar-refractivity contribution in [3.8, 4) is 11.3 Å². The van der Waals surface area contributed by atoms with Gasteiger partial charge in [0.05, 0.1) is 5.69 Å². The van der Waals surface area contributed by atoms with Crippen molar-refractivity contribution in [2.45, 2.75) is 25.3 Å². The fourth-order valence-corrected chi connectivity index (χ4v) is 4.17. The highest BCUT2D eigenvalue weighted by Gasteiger charge is 2.24. The number of aliphatic hydroxyl groups excluding tert-OH is 1. The molecule has 4 aromatic rings. The van der Waals surface area contributed by atoms with Gasteiger partial charge < -0.3 is 10.4 Å². The van der Waals surface area contributed by atoms with Gasteiger partial charge in [0.2, 0.25) is 0 Å². The molecule has 0 unspecified atom stereocenters. The quantitative estimate of drug-likeness (QED) is 0.576. The predicted molar refractivity (Wildman–Crippen MR) is 108 cm³/mol. The summed E-state index contributed by atoms with van der Waals surface area (Å²) in [5, 5.41) is 20.2. The van der Waals surface area contributed by atoms with E-state index in [2.05, 4.69) is 52.8 Å². The Kier molecular flexibility index (Phi) is 4.02. The third-order valence-electron chi connectivity index (χ3n) is 5.57. The van der Waals surface area contributed by atoms with Crippen LogP contribution in [-0.2, 0) is 0 Å². The zero-order valence-corrected chi connectivity index (χ0v) is 15.0. The minimum absolute atomic E-state index is 0.275. The van der Waals surface area contributed by atoms with Crippen molar-refractivity contribution in [1.82, 2.24) is 14.6 Å². The summed E-state index contributed by atoms with van der Waals surface area (Å²) in [6.07, 6.45) is 4.97. The minimum Gasteiger partial charge on any atom is -0.396 e. The molecular weight excluding hydrogens is 336 g/mol. The lowest BCUT2D eigenvalue weighted by molar-refractivity contribution is 0.229. The van der Waals surface area contributed by atoms with Crippen LogP contribution in [0.4, 0.5) is 5.82 Å². The Balaban J connectivity index is 1.54. The van der Waals surface area contributed by atoms with E-state index in [1.807, 2.05) is 22.8 Å². The molecular formula is C22H22N4O. The van der Waals surface area contributed by atoms with Gasteiger partial charge in [0.25, 0.3) is 0 Å². The lowest BCUT2D eigenvalue weighted by Crippen LogP contribution is -2.18. The number of hydrogen-bond donors (Lipinski definition) is 2. The van der Waals surface area contributed by atoms with Crippen LogP contribution in [-0.4, -0.2) is 32.4 Å². The van der Waals surface area contributed by atoms with Crippen molar-refractivity contribution in [3.63, 3.8) is 0 Å². The van der Waals surface area contributed by atoms with Crippen LogP contribution in [0, 0.1) is 5.92 Å². The van der Waals surface area contributed by atoms with Crippen LogP contribution in [0.25, 0.3) is 27.7 Å². The van der Waals surface area contributed by atoms with E-state index in [-0.39, 0.29) is 6.61 Å². The molecule has 2 heterocycles. The maximum Gasteiger partial charge on any atom is 0.157 e. The highest BCUT2D eigenvalue weighted by atomic mass is 16.3. The molecule has 2 N–H and O–H groups in total. The maximum absolute atomic E-state index is 9.38.